The van der Waals surface area contributed by atoms with Crippen molar-refractivity contribution in [1.82, 2.24) is 9.97 Å². The molecule has 1 atom stereocenters. The van der Waals surface area contributed by atoms with Crippen LogP contribution in [0.15, 0.2) is 17.2 Å². The zero-order chi connectivity index (χ0) is 10.6. The lowest BCUT2D eigenvalue weighted by atomic mass is 10.2. The van der Waals surface area contributed by atoms with Gasteiger partial charge < -0.3 is 9.88 Å². The number of nitrogens with one attached hydrogen (secondary N) is 1. The van der Waals surface area contributed by atoms with Gasteiger partial charge in [0.15, 0.2) is 0 Å². The van der Waals surface area contributed by atoms with Gasteiger partial charge in [-0.1, -0.05) is 6.92 Å². The number of aromatic amines is 1. The Morgan fingerprint density at radius 1 is 1.57 bits per heavy atom. The average Bonchev–Trinajstić information content (AvgIpc) is 2.19. The molecule has 14 heavy (non-hydrogen) atoms. The molecule has 1 N–H and O–H groups in total. The lowest BCUT2D eigenvalue weighted by Gasteiger charge is -2.27. The standard InChI is InChI=1S/C10H17N3O/c1-4-8(3)13(5-2)9-6-10(14)12-7-11-9/h6-8H,4-5H2,1-3H3,(H,11,12,14). The second-order valence-electron chi connectivity index (χ2n) is 3.31. The molecule has 1 rings (SSSR count). The molecule has 0 radical (unpaired) electrons. The highest BCUT2D eigenvalue weighted by Gasteiger charge is 2.11. The number of anilines is 1. The first kappa shape index (κ1) is 10.8. The van der Waals surface area contributed by atoms with Crippen molar-refractivity contribution in [2.24, 2.45) is 0 Å². The Labute approximate surface area is 84.0 Å². The van der Waals surface area contributed by atoms with Crippen LogP contribution in [0.1, 0.15) is 27.2 Å². The molecule has 0 aromatic carbocycles. The highest BCUT2D eigenvalue weighted by Crippen LogP contribution is 2.12. The third-order valence-electron chi connectivity index (χ3n) is 2.42. The van der Waals surface area contributed by atoms with Crippen molar-refractivity contribution in [3.63, 3.8) is 0 Å². The molecule has 0 aliphatic heterocycles. The Kier molecular flexibility index (Phi) is 3.68. The summed E-state index contributed by atoms with van der Waals surface area (Å²) in [5.41, 5.74) is -0.100. The van der Waals surface area contributed by atoms with Gasteiger partial charge in [0.25, 0.3) is 5.56 Å². The van der Waals surface area contributed by atoms with Gasteiger partial charge in [-0.3, -0.25) is 4.79 Å². The second kappa shape index (κ2) is 4.79. The number of hydrogen-bond acceptors (Lipinski definition) is 3. The van der Waals surface area contributed by atoms with Gasteiger partial charge in [-0.15, -0.1) is 0 Å². The fourth-order valence-corrected chi connectivity index (χ4v) is 1.44. The maximum Gasteiger partial charge on any atom is 0.252 e. The van der Waals surface area contributed by atoms with Crippen LogP contribution in [0.3, 0.4) is 0 Å². The summed E-state index contributed by atoms with van der Waals surface area (Å²) < 4.78 is 0. The molecular formula is C10H17N3O. The van der Waals surface area contributed by atoms with E-state index in [1.165, 1.54) is 12.4 Å². The number of H-pyrrole nitrogens is 1. The predicted molar refractivity (Wildman–Crippen MR) is 57.6 cm³/mol. The van der Waals surface area contributed by atoms with Crippen LogP contribution in [0.25, 0.3) is 0 Å². The summed E-state index contributed by atoms with van der Waals surface area (Å²) in [4.78, 5) is 19.9. The topological polar surface area (TPSA) is 49.0 Å². The monoisotopic (exact) mass is 195 g/mol. The van der Waals surface area contributed by atoms with E-state index < -0.39 is 0 Å². The molecule has 1 aromatic rings. The molecule has 0 amide bonds. The van der Waals surface area contributed by atoms with E-state index in [0.717, 1.165) is 18.8 Å². The Morgan fingerprint density at radius 3 is 2.79 bits per heavy atom. The van der Waals surface area contributed by atoms with Gasteiger partial charge in [-0.25, -0.2) is 4.98 Å². The van der Waals surface area contributed by atoms with Crippen molar-refractivity contribution >= 4 is 5.82 Å². The summed E-state index contributed by atoms with van der Waals surface area (Å²) in [5.74, 6) is 0.755. The Bertz CT molecular complexity index is 334. The zero-order valence-corrected chi connectivity index (χ0v) is 8.95. The molecule has 0 spiro atoms. The van der Waals surface area contributed by atoms with Crippen LogP contribution in [0.2, 0.25) is 0 Å². The molecular weight excluding hydrogens is 178 g/mol. The largest absolute Gasteiger partial charge is 0.354 e. The van der Waals surface area contributed by atoms with Gasteiger partial charge in [0.05, 0.1) is 6.33 Å². The number of hydrogen-bond donors (Lipinski definition) is 1. The molecule has 1 unspecified atom stereocenters. The molecule has 0 fully saturated rings. The average molecular weight is 195 g/mol. The van der Waals surface area contributed by atoms with Gasteiger partial charge in [0.1, 0.15) is 5.82 Å². The van der Waals surface area contributed by atoms with Crippen molar-refractivity contribution in [3.8, 4) is 0 Å². The van der Waals surface area contributed by atoms with Crippen LogP contribution in [0, 0.1) is 0 Å². The fraction of sp³-hybridized carbons (Fsp3) is 0.600. The number of rotatable bonds is 4. The highest BCUT2D eigenvalue weighted by molar-refractivity contribution is 5.37. The third-order valence-corrected chi connectivity index (χ3v) is 2.42. The van der Waals surface area contributed by atoms with Gasteiger partial charge in [0, 0.05) is 18.7 Å². The molecule has 78 valence electrons. The number of aromatic nitrogens is 2. The first-order valence-corrected chi connectivity index (χ1v) is 5.00. The maximum atomic E-state index is 11.1. The summed E-state index contributed by atoms with van der Waals surface area (Å²) in [6.45, 7) is 7.19. The Hall–Kier alpha value is -1.32. The lowest BCUT2D eigenvalue weighted by Crippen LogP contribution is -2.33. The normalized spacial score (nSPS) is 12.5. The van der Waals surface area contributed by atoms with Crippen molar-refractivity contribution in [2.45, 2.75) is 33.2 Å². The minimum Gasteiger partial charge on any atom is -0.354 e. The minimum absolute atomic E-state index is 0.100. The highest BCUT2D eigenvalue weighted by atomic mass is 16.1. The zero-order valence-electron chi connectivity index (χ0n) is 8.95. The molecule has 0 saturated heterocycles. The molecule has 4 nitrogen and oxygen atoms in total. The second-order valence-corrected chi connectivity index (χ2v) is 3.31. The SMILES string of the molecule is CCC(C)N(CC)c1cc(=O)[nH]cn1. The molecule has 0 saturated carbocycles. The van der Waals surface area contributed by atoms with Crippen LogP contribution in [-0.2, 0) is 0 Å². The summed E-state index contributed by atoms with van der Waals surface area (Å²) >= 11 is 0. The maximum absolute atomic E-state index is 11.1. The van der Waals surface area contributed by atoms with E-state index in [1.54, 1.807) is 0 Å². The minimum atomic E-state index is -0.100. The van der Waals surface area contributed by atoms with Crippen LogP contribution < -0.4 is 10.5 Å². The Balaban J connectivity index is 2.94. The van der Waals surface area contributed by atoms with Crippen molar-refractivity contribution in [3.05, 3.63) is 22.7 Å². The lowest BCUT2D eigenvalue weighted by molar-refractivity contribution is 0.622. The van der Waals surface area contributed by atoms with Gasteiger partial charge in [-0.2, -0.15) is 0 Å². The van der Waals surface area contributed by atoms with Crippen molar-refractivity contribution in [2.75, 3.05) is 11.4 Å². The fourth-order valence-electron chi connectivity index (χ4n) is 1.44. The summed E-state index contributed by atoms with van der Waals surface area (Å²) in [6.07, 6.45) is 2.49. The van der Waals surface area contributed by atoms with E-state index in [9.17, 15) is 4.79 Å². The smallest absolute Gasteiger partial charge is 0.252 e. The van der Waals surface area contributed by atoms with Gasteiger partial charge in [0.2, 0.25) is 0 Å². The van der Waals surface area contributed by atoms with Crippen LogP contribution in [0.4, 0.5) is 5.82 Å². The van der Waals surface area contributed by atoms with Crippen LogP contribution in [0.5, 0.6) is 0 Å². The van der Waals surface area contributed by atoms with Crippen molar-refractivity contribution in [1.29, 1.82) is 0 Å². The molecule has 4 heteroatoms. The van der Waals surface area contributed by atoms with Gasteiger partial charge in [-0.05, 0) is 20.3 Å². The van der Waals surface area contributed by atoms with Gasteiger partial charge >= 0.3 is 0 Å². The predicted octanol–water partition coefficient (Wildman–Crippen LogP) is 1.39. The molecule has 0 aliphatic carbocycles. The van der Waals surface area contributed by atoms with E-state index in [4.69, 9.17) is 0 Å². The van der Waals surface area contributed by atoms with Crippen molar-refractivity contribution < 1.29 is 0 Å². The third kappa shape index (κ3) is 2.34. The van der Waals surface area contributed by atoms with E-state index >= 15 is 0 Å². The molecule has 0 aliphatic rings. The molecule has 1 aromatic heterocycles. The summed E-state index contributed by atoms with van der Waals surface area (Å²) in [5, 5.41) is 0. The van der Waals surface area contributed by atoms with E-state index in [2.05, 4.69) is 35.6 Å². The van der Waals surface area contributed by atoms with E-state index in [0.29, 0.717) is 6.04 Å². The molecule has 0 bridgehead atoms. The first-order valence-electron chi connectivity index (χ1n) is 5.00. The Morgan fingerprint density at radius 2 is 2.29 bits per heavy atom. The number of nitrogens with zero attached hydrogens (tertiary/aromatic N) is 2. The quantitative estimate of drug-likeness (QED) is 0.790. The summed E-state index contributed by atoms with van der Waals surface area (Å²) in [7, 11) is 0. The molecule has 1 heterocycles. The van der Waals surface area contributed by atoms with Crippen LogP contribution in [-0.4, -0.2) is 22.6 Å². The first-order chi connectivity index (χ1) is 6.69. The van der Waals surface area contributed by atoms with E-state index in [-0.39, 0.29) is 5.56 Å². The van der Waals surface area contributed by atoms with E-state index in [1.807, 2.05) is 0 Å². The van der Waals surface area contributed by atoms with Crippen LogP contribution >= 0.6 is 0 Å². The summed E-state index contributed by atoms with van der Waals surface area (Å²) in [6, 6.07) is 1.95.